The Labute approximate surface area is 153 Å². The SMILES string of the molecule is Cc1ccccc1CSCC(=O)N1CCN(CCn2cncn2)CC1. The molecular weight excluding hydrogens is 334 g/mol. The Morgan fingerprint density at radius 3 is 2.68 bits per heavy atom. The zero-order valence-electron chi connectivity index (χ0n) is 14.7. The van der Waals surface area contributed by atoms with Gasteiger partial charge in [-0.05, 0) is 18.1 Å². The second-order valence-electron chi connectivity index (χ2n) is 6.30. The quantitative estimate of drug-likeness (QED) is 0.753. The average Bonchev–Trinajstić information content (AvgIpc) is 3.15. The largest absolute Gasteiger partial charge is 0.339 e. The maximum atomic E-state index is 12.4. The van der Waals surface area contributed by atoms with E-state index in [1.807, 2.05) is 9.58 Å². The summed E-state index contributed by atoms with van der Waals surface area (Å²) in [7, 11) is 0. The smallest absolute Gasteiger partial charge is 0.232 e. The molecule has 0 spiro atoms. The summed E-state index contributed by atoms with van der Waals surface area (Å²) < 4.78 is 1.85. The maximum absolute atomic E-state index is 12.4. The molecule has 1 fully saturated rings. The predicted octanol–water partition coefficient (Wildman–Crippen LogP) is 1.66. The van der Waals surface area contributed by atoms with Crippen LogP contribution in [0.3, 0.4) is 0 Å². The molecule has 0 radical (unpaired) electrons. The highest BCUT2D eigenvalue weighted by molar-refractivity contribution is 7.99. The van der Waals surface area contributed by atoms with E-state index < -0.39 is 0 Å². The molecule has 3 rings (SSSR count). The van der Waals surface area contributed by atoms with Crippen LogP contribution in [0.5, 0.6) is 0 Å². The Bertz CT molecular complexity index is 668. The average molecular weight is 359 g/mol. The molecule has 0 atom stereocenters. The Kier molecular flexibility index (Phi) is 6.47. The van der Waals surface area contributed by atoms with Gasteiger partial charge in [-0.25, -0.2) is 4.98 Å². The third kappa shape index (κ3) is 5.31. The van der Waals surface area contributed by atoms with E-state index >= 15 is 0 Å². The van der Waals surface area contributed by atoms with E-state index in [4.69, 9.17) is 0 Å². The third-order valence-corrected chi connectivity index (χ3v) is 5.55. The Morgan fingerprint density at radius 2 is 1.96 bits per heavy atom. The van der Waals surface area contributed by atoms with Crippen molar-refractivity contribution in [3.8, 4) is 0 Å². The van der Waals surface area contributed by atoms with Crippen LogP contribution in [-0.4, -0.2) is 68.9 Å². The molecule has 0 unspecified atom stereocenters. The van der Waals surface area contributed by atoms with Crippen molar-refractivity contribution in [3.05, 3.63) is 48.0 Å². The van der Waals surface area contributed by atoms with Crippen LogP contribution in [0.2, 0.25) is 0 Å². The van der Waals surface area contributed by atoms with Gasteiger partial charge in [-0.3, -0.25) is 14.4 Å². The fraction of sp³-hybridized carbons (Fsp3) is 0.500. The van der Waals surface area contributed by atoms with Crippen LogP contribution in [0.1, 0.15) is 11.1 Å². The first-order chi connectivity index (χ1) is 12.2. The highest BCUT2D eigenvalue weighted by Crippen LogP contribution is 2.16. The molecular formula is C18H25N5OS. The Balaban J connectivity index is 1.34. The zero-order chi connectivity index (χ0) is 17.5. The van der Waals surface area contributed by atoms with Crippen molar-refractivity contribution < 1.29 is 4.79 Å². The molecule has 0 aliphatic carbocycles. The molecule has 6 nitrogen and oxygen atoms in total. The molecule has 1 aromatic carbocycles. The lowest BCUT2D eigenvalue weighted by atomic mass is 10.1. The summed E-state index contributed by atoms with van der Waals surface area (Å²) in [5.41, 5.74) is 2.61. The van der Waals surface area contributed by atoms with Crippen LogP contribution in [-0.2, 0) is 17.1 Å². The summed E-state index contributed by atoms with van der Waals surface area (Å²) in [6, 6.07) is 8.37. The van der Waals surface area contributed by atoms with Gasteiger partial charge in [0.2, 0.25) is 5.91 Å². The van der Waals surface area contributed by atoms with Crippen LogP contribution in [0.25, 0.3) is 0 Å². The monoisotopic (exact) mass is 359 g/mol. The number of carbonyl (C=O) groups is 1. The van der Waals surface area contributed by atoms with Gasteiger partial charge in [0.1, 0.15) is 12.7 Å². The molecule has 1 aliphatic heterocycles. The standard InChI is InChI=1S/C18H25N5OS/c1-16-4-2-3-5-17(16)12-25-13-18(24)22-9-6-21(7-10-22)8-11-23-15-19-14-20-23/h2-5,14-15H,6-13H2,1H3. The molecule has 2 aromatic rings. The van der Waals surface area contributed by atoms with Gasteiger partial charge in [0.15, 0.2) is 0 Å². The molecule has 0 N–H and O–H groups in total. The van der Waals surface area contributed by atoms with Crippen molar-refractivity contribution in [2.45, 2.75) is 19.2 Å². The highest BCUT2D eigenvalue weighted by atomic mass is 32.2. The van der Waals surface area contributed by atoms with Gasteiger partial charge in [-0.2, -0.15) is 5.10 Å². The van der Waals surface area contributed by atoms with Crippen LogP contribution in [0.15, 0.2) is 36.9 Å². The summed E-state index contributed by atoms with van der Waals surface area (Å²) in [5, 5.41) is 4.12. The predicted molar refractivity (Wildman–Crippen MR) is 100 cm³/mol. The second-order valence-corrected chi connectivity index (χ2v) is 7.29. The van der Waals surface area contributed by atoms with Gasteiger partial charge in [-0.15, -0.1) is 11.8 Å². The second kappa shape index (κ2) is 9.01. The topological polar surface area (TPSA) is 54.3 Å². The number of amides is 1. The van der Waals surface area contributed by atoms with Crippen LogP contribution in [0, 0.1) is 6.92 Å². The van der Waals surface area contributed by atoms with E-state index in [2.05, 4.69) is 46.2 Å². The number of piperazine rings is 1. The fourth-order valence-electron chi connectivity index (χ4n) is 2.92. The molecule has 0 bridgehead atoms. The lowest BCUT2D eigenvalue weighted by Gasteiger charge is -2.34. The highest BCUT2D eigenvalue weighted by Gasteiger charge is 2.20. The summed E-state index contributed by atoms with van der Waals surface area (Å²) in [6.07, 6.45) is 3.30. The number of thioether (sulfide) groups is 1. The van der Waals surface area contributed by atoms with Gasteiger partial charge in [-0.1, -0.05) is 24.3 Å². The van der Waals surface area contributed by atoms with Crippen LogP contribution >= 0.6 is 11.8 Å². The normalized spacial score (nSPS) is 15.5. The van der Waals surface area contributed by atoms with Crippen molar-refractivity contribution in [3.63, 3.8) is 0 Å². The van der Waals surface area contributed by atoms with E-state index in [0.717, 1.165) is 45.0 Å². The van der Waals surface area contributed by atoms with Crippen molar-refractivity contribution in [1.82, 2.24) is 24.6 Å². The van der Waals surface area contributed by atoms with E-state index in [-0.39, 0.29) is 5.91 Å². The minimum atomic E-state index is 0.259. The van der Waals surface area contributed by atoms with E-state index in [0.29, 0.717) is 5.75 Å². The van der Waals surface area contributed by atoms with Crippen molar-refractivity contribution in [2.75, 3.05) is 38.5 Å². The van der Waals surface area contributed by atoms with E-state index in [1.165, 1.54) is 11.1 Å². The van der Waals surface area contributed by atoms with E-state index in [9.17, 15) is 4.79 Å². The number of carbonyl (C=O) groups excluding carboxylic acids is 1. The molecule has 1 saturated heterocycles. The molecule has 7 heteroatoms. The first-order valence-corrected chi connectivity index (χ1v) is 9.82. The van der Waals surface area contributed by atoms with Crippen LogP contribution < -0.4 is 0 Å². The molecule has 1 aliphatic rings. The zero-order valence-corrected chi connectivity index (χ0v) is 15.5. The lowest BCUT2D eigenvalue weighted by molar-refractivity contribution is -0.130. The van der Waals surface area contributed by atoms with Crippen molar-refractivity contribution in [1.29, 1.82) is 0 Å². The summed E-state index contributed by atoms with van der Waals surface area (Å²) in [6.45, 7) is 7.43. The third-order valence-electron chi connectivity index (χ3n) is 4.58. The molecule has 1 aromatic heterocycles. The van der Waals surface area contributed by atoms with Gasteiger partial charge in [0.25, 0.3) is 0 Å². The molecule has 1 amide bonds. The van der Waals surface area contributed by atoms with Gasteiger partial charge >= 0.3 is 0 Å². The van der Waals surface area contributed by atoms with E-state index in [1.54, 1.807) is 24.4 Å². The molecule has 25 heavy (non-hydrogen) atoms. The molecule has 0 saturated carbocycles. The number of hydrogen-bond donors (Lipinski definition) is 0. The summed E-state index contributed by atoms with van der Waals surface area (Å²) in [4.78, 5) is 20.7. The summed E-state index contributed by atoms with van der Waals surface area (Å²) >= 11 is 1.71. The van der Waals surface area contributed by atoms with Gasteiger partial charge in [0, 0.05) is 38.5 Å². The minimum absolute atomic E-state index is 0.259. The number of aryl methyl sites for hydroxylation is 1. The van der Waals surface area contributed by atoms with Gasteiger partial charge < -0.3 is 4.90 Å². The first-order valence-electron chi connectivity index (χ1n) is 8.67. The molecule has 2 heterocycles. The minimum Gasteiger partial charge on any atom is -0.339 e. The summed E-state index contributed by atoms with van der Waals surface area (Å²) in [5.74, 6) is 1.72. The van der Waals surface area contributed by atoms with Gasteiger partial charge in [0.05, 0.1) is 12.3 Å². The maximum Gasteiger partial charge on any atom is 0.232 e. The van der Waals surface area contributed by atoms with Crippen molar-refractivity contribution in [2.24, 2.45) is 0 Å². The number of nitrogens with zero attached hydrogens (tertiary/aromatic N) is 5. The molecule has 134 valence electrons. The number of hydrogen-bond acceptors (Lipinski definition) is 5. The number of aromatic nitrogens is 3. The lowest BCUT2D eigenvalue weighted by Crippen LogP contribution is -2.49. The fourth-order valence-corrected chi connectivity index (χ4v) is 3.93. The number of benzene rings is 1. The first kappa shape index (κ1) is 17.9. The Morgan fingerprint density at radius 1 is 1.16 bits per heavy atom. The Hall–Kier alpha value is -1.86. The van der Waals surface area contributed by atoms with Crippen molar-refractivity contribution >= 4 is 17.7 Å². The number of rotatable bonds is 7. The van der Waals surface area contributed by atoms with Crippen LogP contribution in [0.4, 0.5) is 0 Å².